The van der Waals surface area contributed by atoms with Crippen LogP contribution in [0.1, 0.15) is 6.42 Å². The highest BCUT2D eigenvalue weighted by molar-refractivity contribution is 5.66. The van der Waals surface area contributed by atoms with E-state index in [-0.39, 0.29) is 0 Å². The molecule has 0 amide bonds. The summed E-state index contributed by atoms with van der Waals surface area (Å²) in [7, 11) is 0. The number of nitrogens with zero attached hydrogens (tertiary/aromatic N) is 3. The second-order valence-corrected chi connectivity index (χ2v) is 3.54. The second kappa shape index (κ2) is 3.38. The third-order valence-electron chi connectivity index (χ3n) is 2.55. The average molecular weight is 201 g/mol. The molecule has 0 spiro atoms. The van der Waals surface area contributed by atoms with Gasteiger partial charge in [0.2, 0.25) is 0 Å². The van der Waals surface area contributed by atoms with Gasteiger partial charge < -0.3 is 4.74 Å². The molecule has 0 saturated carbocycles. The Balaban J connectivity index is 2.21. The molecule has 0 bridgehead atoms. The van der Waals surface area contributed by atoms with Crippen molar-refractivity contribution >= 4 is 0 Å². The minimum atomic E-state index is 0.732. The Bertz CT molecular complexity index is 478. The van der Waals surface area contributed by atoms with Gasteiger partial charge in [-0.25, -0.2) is 4.68 Å². The van der Waals surface area contributed by atoms with Crippen LogP contribution in [-0.2, 0) is 6.54 Å². The Hall–Kier alpha value is -1.84. The third kappa shape index (κ3) is 1.38. The molecular formula is C11H11N3O. The molecule has 2 heterocycles. The van der Waals surface area contributed by atoms with Crippen LogP contribution < -0.4 is 4.74 Å². The van der Waals surface area contributed by atoms with Crippen molar-refractivity contribution in [3.63, 3.8) is 0 Å². The molecule has 2 aromatic rings. The first-order chi connectivity index (χ1) is 7.45. The van der Waals surface area contributed by atoms with Crippen LogP contribution in [0.15, 0.2) is 30.5 Å². The van der Waals surface area contributed by atoms with Crippen LogP contribution in [0.5, 0.6) is 5.75 Å². The number of aryl methyl sites for hydroxylation is 1. The first-order valence-corrected chi connectivity index (χ1v) is 5.06. The maximum absolute atomic E-state index is 5.69. The monoisotopic (exact) mass is 201 g/mol. The van der Waals surface area contributed by atoms with Crippen LogP contribution >= 0.6 is 0 Å². The Morgan fingerprint density at radius 1 is 1.27 bits per heavy atom. The molecule has 1 aromatic carbocycles. The van der Waals surface area contributed by atoms with E-state index >= 15 is 0 Å². The fraction of sp³-hybridized carbons (Fsp3) is 0.273. The molecule has 0 aliphatic carbocycles. The molecule has 4 heteroatoms. The number of hydrogen-bond acceptors (Lipinski definition) is 3. The average Bonchev–Trinajstić information content (AvgIpc) is 2.69. The van der Waals surface area contributed by atoms with Crippen LogP contribution in [0.4, 0.5) is 0 Å². The minimum absolute atomic E-state index is 0.732. The Labute approximate surface area is 87.5 Å². The van der Waals surface area contributed by atoms with E-state index in [4.69, 9.17) is 4.74 Å². The quantitative estimate of drug-likeness (QED) is 0.651. The van der Waals surface area contributed by atoms with E-state index in [0.29, 0.717) is 0 Å². The fourth-order valence-electron chi connectivity index (χ4n) is 1.83. The van der Waals surface area contributed by atoms with Gasteiger partial charge in [-0.3, -0.25) is 0 Å². The minimum Gasteiger partial charge on any atom is -0.493 e. The lowest BCUT2D eigenvalue weighted by molar-refractivity contribution is 0.294. The number of benzene rings is 1. The normalized spacial score (nSPS) is 14.4. The number of rotatable bonds is 0. The molecule has 15 heavy (non-hydrogen) atoms. The molecular weight excluding hydrogens is 190 g/mol. The molecule has 0 radical (unpaired) electrons. The third-order valence-corrected chi connectivity index (χ3v) is 2.55. The van der Waals surface area contributed by atoms with Gasteiger partial charge >= 0.3 is 0 Å². The van der Waals surface area contributed by atoms with Crippen LogP contribution in [-0.4, -0.2) is 21.6 Å². The lowest BCUT2D eigenvalue weighted by Gasteiger charge is -2.15. The number of hydrogen-bond donors (Lipinski definition) is 0. The van der Waals surface area contributed by atoms with E-state index in [2.05, 4.69) is 10.3 Å². The fourth-order valence-corrected chi connectivity index (χ4v) is 1.83. The van der Waals surface area contributed by atoms with Crippen molar-refractivity contribution in [2.45, 2.75) is 13.0 Å². The SMILES string of the molecule is c1ccc2c(c1)OCCCn1nncc1-2. The van der Waals surface area contributed by atoms with Crippen molar-refractivity contribution in [1.82, 2.24) is 15.0 Å². The van der Waals surface area contributed by atoms with Gasteiger partial charge in [0.15, 0.2) is 0 Å². The molecule has 0 atom stereocenters. The van der Waals surface area contributed by atoms with Crippen LogP contribution in [0.3, 0.4) is 0 Å². The highest BCUT2D eigenvalue weighted by atomic mass is 16.5. The van der Waals surface area contributed by atoms with Crippen molar-refractivity contribution in [2.75, 3.05) is 6.61 Å². The van der Waals surface area contributed by atoms with Gasteiger partial charge in [-0.15, -0.1) is 5.10 Å². The van der Waals surface area contributed by atoms with E-state index in [1.54, 1.807) is 6.20 Å². The van der Waals surface area contributed by atoms with E-state index in [9.17, 15) is 0 Å². The van der Waals surface area contributed by atoms with Gasteiger partial charge in [0, 0.05) is 18.5 Å². The lowest BCUT2D eigenvalue weighted by atomic mass is 10.1. The van der Waals surface area contributed by atoms with Crippen molar-refractivity contribution in [3.8, 4) is 17.0 Å². The largest absolute Gasteiger partial charge is 0.493 e. The first kappa shape index (κ1) is 8.47. The molecule has 0 unspecified atom stereocenters. The number of fused-ring (bicyclic) bond motifs is 3. The summed E-state index contributed by atoms with van der Waals surface area (Å²) in [5.74, 6) is 0.917. The van der Waals surface area contributed by atoms with Crippen molar-refractivity contribution < 1.29 is 4.74 Å². The topological polar surface area (TPSA) is 39.9 Å². The molecule has 1 aromatic heterocycles. The van der Waals surface area contributed by atoms with Crippen LogP contribution in [0.25, 0.3) is 11.3 Å². The van der Waals surface area contributed by atoms with E-state index in [0.717, 1.165) is 36.6 Å². The molecule has 3 rings (SSSR count). The number of para-hydroxylation sites is 1. The summed E-state index contributed by atoms with van der Waals surface area (Å²) in [5, 5.41) is 8.01. The van der Waals surface area contributed by atoms with Gasteiger partial charge in [0.05, 0.1) is 18.5 Å². The zero-order chi connectivity index (χ0) is 10.1. The zero-order valence-corrected chi connectivity index (χ0v) is 8.26. The molecule has 0 fully saturated rings. The molecule has 4 nitrogen and oxygen atoms in total. The van der Waals surface area contributed by atoms with Crippen molar-refractivity contribution in [2.24, 2.45) is 0 Å². The van der Waals surface area contributed by atoms with E-state index < -0.39 is 0 Å². The summed E-state index contributed by atoms with van der Waals surface area (Å²) in [4.78, 5) is 0. The molecule has 1 aliphatic rings. The summed E-state index contributed by atoms with van der Waals surface area (Å²) in [6, 6.07) is 8.00. The van der Waals surface area contributed by atoms with Crippen LogP contribution in [0, 0.1) is 0 Å². The maximum atomic E-state index is 5.69. The standard InChI is InChI=1S/C11H11N3O/c1-2-5-11-9(4-1)10-8-12-13-14(10)6-3-7-15-11/h1-2,4-5,8H,3,6-7H2. The van der Waals surface area contributed by atoms with Crippen LogP contribution in [0.2, 0.25) is 0 Å². The predicted molar refractivity (Wildman–Crippen MR) is 55.6 cm³/mol. The first-order valence-electron chi connectivity index (χ1n) is 5.06. The molecule has 1 aliphatic heterocycles. The van der Waals surface area contributed by atoms with Crippen molar-refractivity contribution in [3.05, 3.63) is 30.5 Å². The van der Waals surface area contributed by atoms with Gasteiger partial charge in [0.1, 0.15) is 5.75 Å². The summed E-state index contributed by atoms with van der Waals surface area (Å²) < 4.78 is 7.62. The van der Waals surface area contributed by atoms with E-state index in [1.165, 1.54) is 0 Å². The van der Waals surface area contributed by atoms with Gasteiger partial charge in [-0.2, -0.15) is 0 Å². The number of ether oxygens (including phenoxy) is 1. The highest BCUT2D eigenvalue weighted by Crippen LogP contribution is 2.30. The predicted octanol–water partition coefficient (Wildman–Crippen LogP) is 1.73. The Morgan fingerprint density at radius 3 is 3.20 bits per heavy atom. The Kier molecular flexibility index (Phi) is 1.91. The summed E-state index contributed by atoms with van der Waals surface area (Å²) in [6.45, 7) is 1.60. The molecule has 0 saturated heterocycles. The molecule has 0 N–H and O–H groups in total. The smallest absolute Gasteiger partial charge is 0.128 e. The van der Waals surface area contributed by atoms with Gasteiger partial charge in [0.25, 0.3) is 0 Å². The Morgan fingerprint density at radius 2 is 2.20 bits per heavy atom. The van der Waals surface area contributed by atoms with Gasteiger partial charge in [-0.1, -0.05) is 17.3 Å². The highest BCUT2D eigenvalue weighted by Gasteiger charge is 2.14. The zero-order valence-electron chi connectivity index (χ0n) is 8.26. The number of aromatic nitrogens is 3. The van der Waals surface area contributed by atoms with Gasteiger partial charge in [-0.05, 0) is 12.1 Å². The maximum Gasteiger partial charge on any atom is 0.128 e. The van der Waals surface area contributed by atoms with Crippen molar-refractivity contribution in [1.29, 1.82) is 0 Å². The van der Waals surface area contributed by atoms with E-state index in [1.807, 2.05) is 28.9 Å². The summed E-state index contributed by atoms with van der Waals surface area (Å²) >= 11 is 0. The summed E-state index contributed by atoms with van der Waals surface area (Å²) in [5.41, 5.74) is 2.10. The summed E-state index contributed by atoms with van der Waals surface area (Å²) in [6.07, 6.45) is 2.75. The molecule has 76 valence electrons. The second-order valence-electron chi connectivity index (χ2n) is 3.54. The lowest BCUT2D eigenvalue weighted by Crippen LogP contribution is -2.11.